The molecule has 0 spiro atoms. The van der Waals surface area contributed by atoms with Crippen molar-refractivity contribution in [3.63, 3.8) is 0 Å². The van der Waals surface area contributed by atoms with Crippen molar-refractivity contribution in [2.24, 2.45) is 0 Å². The molecular weight excluding hydrogens is 279 g/mol. The van der Waals surface area contributed by atoms with Crippen molar-refractivity contribution >= 4 is 33.4 Å². The van der Waals surface area contributed by atoms with Crippen LogP contribution < -0.4 is 0 Å². The Hall–Kier alpha value is -0.610. The lowest BCUT2D eigenvalue weighted by atomic mass is 10.2. The number of alkyl halides is 1. The summed E-state index contributed by atoms with van der Waals surface area (Å²) in [6, 6.07) is 1.76. The molecule has 0 aliphatic heterocycles. The summed E-state index contributed by atoms with van der Waals surface area (Å²) >= 11 is 8.90. The molecule has 0 fully saturated rings. The van der Waals surface area contributed by atoms with Crippen LogP contribution in [0.5, 0.6) is 0 Å². The van der Waals surface area contributed by atoms with Gasteiger partial charge in [-0.25, -0.2) is 0 Å². The van der Waals surface area contributed by atoms with Crippen LogP contribution in [0.25, 0.3) is 0 Å². The van der Waals surface area contributed by atoms with Gasteiger partial charge in [-0.15, -0.1) is 11.6 Å². The molecule has 82 valence electrons. The van der Waals surface area contributed by atoms with Crippen LogP contribution >= 0.6 is 27.5 Å². The van der Waals surface area contributed by atoms with Crippen molar-refractivity contribution in [1.82, 2.24) is 9.88 Å². The number of amides is 1. The molecule has 0 saturated carbocycles. The van der Waals surface area contributed by atoms with E-state index in [-0.39, 0.29) is 5.91 Å². The molecule has 0 aromatic carbocycles. The zero-order valence-corrected chi connectivity index (χ0v) is 10.8. The lowest BCUT2D eigenvalue weighted by Gasteiger charge is -2.19. The van der Waals surface area contributed by atoms with E-state index in [1.807, 2.05) is 6.92 Å². The van der Waals surface area contributed by atoms with Crippen LogP contribution in [0.15, 0.2) is 22.9 Å². The van der Waals surface area contributed by atoms with Gasteiger partial charge in [0.2, 0.25) is 0 Å². The third kappa shape index (κ3) is 3.47. The highest BCUT2D eigenvalue weighted by atomic mass is 79.9. The van der Waals surface area contributed by atoms with Gasteiger partial charge >= 0.3 is 0 Å². The Morgan fingerprint density at radius 3 is 2.87 bits per heavy atom. The van der Waals surface area contributed by atoms with Gasteiger partial charge in [-0.2, -0.15) is 0 Å². The summed E-state index contributed by atoms with van der Waals surface area (Å²) in [6.45, 7) is 3.14. The van der Waals surface area contributed by atoms with Crippen LogP contribution in [0.4, 0.5) is 0 Å². The minimum atomic E-state index is -0.0352. The van der Waals surface area contributed by atoms with Gasteiger partial charge in [0.05, 0.1) is 5.56 Å². The topological polar surface area (TPSA) is 33.2 Å². The average Bonchev–Trinajstić information content (AvgIpc) is 2.25. The van der Waals surface area contributed by atoms with Crippen molar-refractivity contribution < 1.29 is 4.79 Å². The first-order valence-corrected chi connectivity index (χ1v) is 5.97. The number of aromatic nitrogens is 1. The van der Waals surface area contributed by atoms with E-state index in [4.69, 9.17) is 11.6 Å². The van der Waals surface area contributed by atoms with Crippen molar-refractivity contribution in [1.29, 1.82) is 0 Å². The molecule has 0 unspecified atom stereocenters. The minimum absolute atomic E-state index is 0.0352. The third-order valence-electron chi connectivity index (χ3n) is 1.98. The predicted octanol–water partition coefficient (Wildman–Crippen LogP) is 2.55. The number of halogens is 2. The Balaban J connectivity index is 2.82. The molecule has 1 rings (SSSR count). The monoisotopic (exact) mass is 290 g/mol. The van der Waals surface area contributed by atoms with Gasteiger partial charge in [-0.3, -0.25) is 9.78 Å². The van der Waals surface area contributed by atoms with E-state index in [1.54, 1.807) is 23.4 Å². The van der Waals surface area contributed by atoms with Gasteiger partial charge in [0.15, 0.2) is 0 Å². The normalized spacial score (nSPS) is 10.1. The molecular formula is C10H12BrClN2O. The van der Waals surface area contributed by atoms with E-state index in [9.17, 15) is 4.79 Å². The second kappa shape index (κ2) is 6.08. The zero-order chi connectivity index (χ0) is 11.3. The molecule has 5 heteroatoms. The number of nitrogens with zero attached hydrogens (tertiary/aromatic N) is 2. The highest BCUT2D eigenvalue weighted by molar-refractivity contribution is 9.10. The maximum Gasteiger partial charge on any atom is 0.255 e. The average molecular weight is 292 g/mol. The molecule has 0 N–H and O–H groups in total. The van der Waals surface area contributed by atoms with E-state index in [0.29, 0.717) is 24.5 Å². The summed E-state index contributed by atoms with van der Waals surface area (Å²) in [6.07, 6.45) is 3.21. The molecule has 0 radical (unpaired) electrons. The molecule has 3 nitrogen and oxygen atoms in total. The summed E-state index contributed by atoms with van der Waals surface area (Å²) in [5.41, 5.74) is 0.580. The molecule has 1 amide bonds. The lowest BCUT2D eigenvalue weighted by molar-refractivity contribution is 0.0773. The summed E-state index contributed by atoms with van der Waals surface area (Å²) < 4.78 is 0.801. The highest BCUT2D eigenvalue weighted by Crippen LogP contribution is 2.11. The summed E-state index contributed by atoms with van der Waals surface area (Å²) in [5, 5.41) is 0. The van der Waals surface area contributed by atoms with E-state index in [2.05, 4.69) is 20.9 Å². The van der Waals surface area contributed by atoms with E-state index in [1.165, 1.54) is 0 Å². The Kier molecular flexibility index (Phi) is 5.05. The number of carbonyl (C=O) groups is 1. The Morgan fingerprint density at radius 1 is 1.60 bits per heavy atom. The molecule has 1 aromatic rings. The fourth-order valence-corrected chi connectivity index (χ4v) is 1.79. The molecule has 0 aliphatic carbocycles. The summed E-state index contributed by atoms with van der Waals surface area (Å²) in [4.78, 5) is 17.6. The first kappa shape index (κ1) is 12.5. The first-order valence-electron chi connectivity index (χ1n) is 4.64. The second-order valence-electron chi connectivity index (χ2n) is 2.97. The van der Waals surface area contributed by atoms with Gasteiger partial charge in [-0.05, 0) is 28.9 Å². The summed E-state index contributed by atoms with van der Waals surface area (Å²) in [5.74, 6) is 0.410. The number of carbonyl (C=O) groups excluding carboxylic acids is 1. The third-order valence-corrected chi connectivity index (χ3v) is 2.58. The SMILES string of the molecule is CCN(CCCl)C(=O)c1cncc(Br)c1. The molecule has 0 atom stereocenters. The van der Waals surface area contributed by atoms with Gasteiger partial charge in [0.25, 0.3) is 5.91 Å². The van der Waals surface area contributed by atoms with Gasteiger partial charge < -0.3 is 4.90 Å². The fraction of sp³-hybridized carbons (Fsp3) is 0.400. The van der Waals surface area contributed by atoms with E-state index < -0.39 is 0 Å². The largest absolute Gasteiger partial charge is 0.338 e. The van der Waals surface area contributed by atoms with E-state index >= 15 is 0 Å². The molecule has 0 aliphatic rings. The highest BCUT2D eigenvalue weighted by Gasteiger charge is 2.13. The minimum Gasteiger partial charge on any atom is -0.338 e. The van der Waals surface area contributed by atoms with Crippen LogP contribution in [-0.2, 0) is 0 Å². The number of rotatable bonds is 4. The Labute approximate surface area is 103 Å². The molecule has 1 aromatic heterocycles. The fourth-order valence-electron chi connectivity index (χ4n) is 1.22. The quantitative estimate of drug-likeness (QED) is 0.799. The zero-order valence-electron chi connectivity index (χ0n) is 8.41. The van der Waals surface area contributed by atoms with Gasteiger partial charge in [0, 0.05) is 35.8 Å². The summed E-state index contributed by atoms with van der Waals surface area (Å²) in [7, 11) is 0. The Bertz CT molecular complexity index is 346. The van der Waals surface area contributed by atoms with Gasteiger partial charge in [0.1, 0.15) is 0 Å². The first-order chi connectivity index (χ1) is 7.19. The van der Waals surface area contributed by atoms with Crippen molar-refractivity contribution in [2.75, 3.05) is 19.0 Å². The number of hydrogen-bond donors (Lipinski definition) is 0. The van der Waals surface area contributed by atoms with Gasteiger partial charge in [-0.1, -0.05) is 0 Å². The van der Waals surface area contributed by atoms with Crippen molar-refractivity contribution in [3.05, 3.63) is 28.5 Å². The van der Waals surface area contributed by atoms with Crippen LogP contribution in [0.1, 0.15) is 17.3 Å². The maximum absolute atomic E-state index is 11.9. The second-order valence-corrected chi connectivity index (χ2v) is 4.26. The smallest absolute Gasteiger partial charge is 0.255 e. The molecule has 15 heavy (non-hydrogen) atoms. The number of hydrogen-bond acceptors (Lipinski definition) is 2. The van der Waals surface area contributed by atoms with Crippen LogP contribution in [0.3, 0.4) is 0 Å². The molecule has 1 heterocycles. The van der Waals surface area contributed by atoms with Crippen LogP contribution in [0.2, 0.25) is 0 Å². The molecule has 0 saturated heterocycles. The maximum atomic E-state index is 11.9. The van der Waals surface area contributed by atoms with E-state index in [0.717, 1.165) is 4.47 Å². The van der Waals surface area contributed by atoms with Crippen LogP contribution in [0, 0.1) is 0 Å². The van der Waals surface area contributed by atoms with Crippen LogP contribution in [-0.4, -0.2) is 34.8 Å². The van der Waals surface area contributed by atoms with Crippen molar-refractivity contribution in [2.45, 2.75) is 6.92 Å². The van der Waals surface area contributed by atoms with Crippen molar-refractivity contribution in [3.8, 4) is 0 Å². The lowest BCUT2D eigenvalue weighted by Crippen LogP contribution is -2.32. The molecule has 0 bridgehead atoms. The standard InChI is InChI=1S/C10H12BrClN2O/c1-2-14(4-3-12)10(15)8-5-9(11)7-13-6-8/h5-7H,2-4H2,1H3. The number of pyridine rings is 1. The predicted molar refractivity (Wildman–Crippen MR) is 64.2 cm³/mol. The Morgan fingerprint density at radius 2 is 2.33 bits per heavy atom.